The topological polar surface area (TPSA) is 95.7 Å². The van der Waals surface area contributed by atoms with Gasteiger partial charge in [-0.1, -0.05) is 5.21 Å². The Morgan fingerprint density at radius 2 is 1.95 bits per heavy atom. The summed E-state index contributed by atoms with van der Waals surface area (Å²) in [4.78, 5) is 11.1. The Hall–Kier alpha value is -1.51. The average molecular weight is 287 g/mol. The first kappa shape index (κ1) is 16.5. The number of hydrogen-bond donors (Lipinski definition) is 1. The quantitative estimate of drug-likeness (QED) is 0.581. The lowest BCUT2D eigenvalue weighted by molar-refractivity contribution is 0.0674. The molecule has 1 rings (SSSR count). The number of carboxylic acids is 1. The summed E-state index contributed by atoms with van der Waals surface area (Å²) in [6, 6.07) is 0. The van der Waals surface area contributed by atoms with Crippen LogP contribution in [0.2, 0.25) is 0 Å². The predicted octanol–water partition coefficient (Wildman–Crippen LogP) is 0.218. The van der Waals surface area contributed by atoms with Crippen molar-refractivity contribution >= 4 is 5.97 Å². The molecule has 0 fully saturated rings. The molecule has 1 N–H and O–H groups in total. The molecule has 0 saturated carbocycles. The highest BCUT2D eigenvalue weighted by molar-refractivity contribution is 5.86. The van der Waals surface area contributed by atoms with Crippen molar-refractivity contribution in [1.82, 2.24) is 15.0 Å². The molecule has 0 radical (unpaired) electrons. The van der Waals surface area contributed by atoms with Gasteiger partial charge in [-0.15, -0.1) is 5.10 Å². The Kier molecular flexibility index (Phi) is 7.78. The van der Waals surface area contributed by atoms with E-state index in [1.807, 2.05) is 0 Å². The molecule has 114 valence electrons. The summed E-state index contributed by atoms with van der Waals surface area (Å²) < 4.78 is 16.8. The van der Waals surface area contributed by atoms with Gasteiger partial charge in [-0.25, -0.2) is 9.48 Å². The number of carboxylic acid groups (broad SMARTS) is 1. The Balaban J connectivity index is 2.49. The number of methoxy groups -OCH3 is 2. The number of nitrogens with zero attached hydrogens (tertiary/aromatic N) is 3. The first-order valence-electron chi connectivity index (χ1n) is 6.42. The lowest BCUT2D eigenvalue weighted by Crippen LogP contribution is -2.12. The Labute approximate surface area is 117 Å². The van der Waals surface area contributed by atoms with Gasteiger partial charge in [-0.2, -0.15) is 0 Å². The molecule has 0 bridgehead atoms. The second-order valence-electron chi connectivity index (χ2n) is 4.11. The summed E-state index contributed by atoms with van der Waals surface area (Å²) in [6.45, 7) is 2.66. The van der Waals surface area contributed by atoms with Crippen LogP contribution in [0.4, 0.5) is 0 Å². The fraction of sp³-hybridized carbons (Fsp3) is 0.750. The summed E-state index contributed by atoms with van der Waals surface area (Å²) >= 11 is 0. The van der Waals surface area contributed by atoms with E-state index in [1.165, 1.54) is 0 Å². The molecule has 1 aromatic heterocycles. The highest BCUT2D eigenvalue weighted by Crippen LogP contribution is 2.08. The summed E-state index contributed by atoms with van der Waals surface area (Å²) in [5, 5.41) is 16.6. The van der Waals surface area contributed by atoms with E-state index >= 15 is 0 Å². The molecule has 0 amide bonds. The van der Waals surface area contributed by atoms with Gasteiger partial charge in [-0.3, -0.25) is 0 Å². The Morgan fingerprint density at radius 3 is 2.60 bits per heavy atom. The van der Waals surface area contributed by atoms with E-state index in [4.69, 9.17) is 19.3 Å². The highest BCUT2D eigenvalue weighted by atomic mass is 16.5. The molecular formula is C12H21N3O5. The van der Waals surface area contributed by atoms with Gasteiger partial charge >= 0.3 is 5.97 Å². The lowest BCUT2D eigenvalue weighted by Gasteiger charge is -2.07. The van der Waals surface area contributed by atoms with Crippen molar-refractivity contribution in [3.63, 3.8) is 0 Å². The molecule has 0 aliphatic rings. The van der Waals surface area contributed by atoms with Crippen molar-refractivity contribution in [2.75, 3.05) is 40.6 Å². The molecule has 0 aliphatic heterocycles. The van der Waals surface area contributed by atoms with Gasteiger partial charge in [0.25, 0.3) is 0 Å². The second-order valence-corrected chi connectivity index (χ2v) is 4.11. The minimum Gasteiger partial charge on any atom is -0.476 e. The van der Waals surface area contributed by atoms with Crippen LogP contribution in [0, 0.1) is 0 Å². The van der Waals surface area contributed by atoms with Gasteiger partial charge in [0.2, 0.25) is 0 Å². The number of aromatic nitrogens is 3. The third-order valence-corrected chi connectivity index (χ3v) is 2.67. The summed E-state index contributed by atoms with van der Waals surface area (Å²) in [5.41, 5.74) is 0.568. The van der Waals surface area contributed by atoms with Crippen molar-refractivity contribution in [2.24, 2.45) is 0 Å². The molecular weight excluding hydrogens is 266 g/mol. The van der Waals surface area contributed by atoms with Crippen LogP contribution in [0.3, 0.4) is 0 Å². The largest absolute Gasteiger partial charge is 0.476 e. The molecule has 1 heterocycles. The number of hydrogen-bond acceptors (Lipinski definition) is 6. The maximum atomic E-state index is 11.1. The monoisotopic (exact) mass is 287 g/mol. The maximum Gasteiger partial charge on any atom is 0.358 e. The minimum absolute atomic E-state index is 0.0117. The van der Waals surface area contributed by atoms with Gasteiger partial charge in [-0.05, 0) is 6.42 Å². The zero-order valence-electron chi connectivity index (χ0n) is 11.9. The SMILES string of the molecule is COCCOCCCn1nnc(C(=O)O)c1CCOC. The molecule has 1 aromatic rings. The van der Waals surface area contributed by atoms with Gasteiger partial charge in [0, 0.05) is 33.8 Å². The van der Waals surface area contributed by atoms with Crippen LogP contribution in [0.25, 0.3) is 0 Å². The molecule has 0 aliphatic carbocycles. The van der Waals surface area contributed by atoms with Crippen LogP contribution in [0.5, 0.6) is 0 Å². The van der Waals surface area contributed by atoms with E-state index in [9.17, 15) is 4.79 Å². The Bertz CT molecular complexity index is 408. The van der Waals surface area contributed by atoms with Crippen molar-refractivity contribution < 1.29 is 24.1 Å². The smallest absolute Gasteiger partial charge is 0.358 e. The van der Waals surface area contributed by atoms with E-state index in [1.54, 1.807) is 18.9 Å². The third kappa shape index (κ3) is 5.24. The van der Waals surface area contributed by atoms with Crippen LogP contribution in [-0.4, -0.2) is 66.7 Å². The van der Waals surface area contributed by atoms with Gasteiger partial charge in [0.1, 0.15) is 0 Å². The first-order chi connectivity index (χ1) is 9.70. The van der Waals surface area contributed by atoms with Gasteiger partial charge in [0.05, 0.1) is 25.5 Å². The van der Waals surface area contributed by atoms with Crippen molar-refractivity contribution in [1.29, 1.82) is 0 Å². The molecule has 0 unspecified atom stereocenters. The molecule has 0 atom stereocenters. The van der Waals surface area contributed by atoms with Crippen LogP contribution < -0.4 is 0 Å². The van der Waals surface area contributed by atoms with Crippen LogP contribution in [0.1, 0.15) is 22.6 Å². The number of aromatic carboxylic acids is 1. The zero-order chi connectivity index (χ0) is 14.8. The lowest BCUT2D eigenvalue weighted by atomic mass is 10.2. The fourth-order valence-electron chi connectivity index (χ4n) is 1.69. The summed E-state index contributed by atoms with van der Waals surface area (Å²) in [5.74, 6) is -1.07. The molecule has 0 spiro atoms. The maximum absolute atomic E-state index is 11.1. The summed E-state index contributed by atoms with van der Waals surface area (Å²) in [6.07, 6.45) is 1.20. The average Bonchev–Trinajstić information content (AvgIpc) is 2.83. The van der Waals surface area contributed by atoms with E-state index in [0.29, 0.717) is 45.1 Å². The van der Waals surface area contributed by atoms with Crippen LogP contribution >= 0.6 is 0 Å². The van der Waals surface area contributed by atoms with Gasteiger partial charge < -0.3 is 19.3 Å². The standard InChI is InChI=1S/C12H21N3O5/c1-18-7-4-10-11(12(16)17)13-14-15(10)5-3-6-20-9-8-19-2/h3-9H2,1-2H3,(H,16,17). The highest BCUT2D eigenvalue weighted by Gasteiger charge is 2.18. The minimum atomic E-state index is -1.07. The first-order valence-corrected chi connectivity index (χ1v) is 6.42. The number of rotatable bonds is 11. The van der Waals surface area contributed by atoms with Crippen molar-refractivity contribution in [3.8, 4) is 0 Å². The molecule has 8 heteroatoms. The van der Waals surface area contributed by atoms with Crippen molar-refractivity contribution in [2.45, 2.75) is 19.4 Å². The van der Waals surface area contributed by atoms with E-state index in [2.05, 4.69) is 10.3 Å². The fourth-order valence-corrected chi connectivity index (χ4v) is 1.69. The number of aryl methyl sites for hydroxylation is 1. The molecule has 0 aromatic carbocycles. The van der Waals surface area contributed by atoms with Crippen LogP contribution in [-0.2, 0) is 27.2 Å². The zero-order valence-corrected chi connectivity index (χ0v) is 11.9. The predicted molar refractivity (Wildman–Crippen MR) is 69.9 cm³/mol. The third-order valence-electron chi connectivity index (χ3n) is 2.67. The number of carbonyl (C=O) groups is 1. The van der Waals surface area contributed by atoms with E-state index in [0.717, 1.165) is 6.42 Å². The van der Waals surface area contributed by atoms with E-state index < -0.39 is 5.97 Å². The Morgan fingerprint density at radius 1 is 1.20 bits per heavy atom. The van der Waals surface area contributed by atoms with E-state index in [-0.39, 0.29) is 5.69 Å². The molecule has 20 heavy (non-hydrogen) atoms. The molecule has 0 saturated heterocycles. The normalized spacial score (nSPS) is 10.9. The number of ether oxygens (including phenoxy) is 3. The van der Waals surface area contributed by atoms with Gasteiger partial charge in [0.15, 0.2) is 5.69 Å². The second kappa shape index (κ2) is 9.40. The van der Waals surface area contributed by atoms with Crippen LogP contribution in [0.15, 0.2) is 0 Å². The molecule has 8 nitrogen and oxygen atoms in total. The summed E-state index contributed by atoms with van der Waals surface area (Å²) in [7, 11) is 3.19. The van der Waals surface area contributed by atoms with Crippen molar-refractivity contribution in [3.05, 3.63) is 11.4 Å².